The van der Waals surface area contributed by atoms with Crippen LogP contribution in [-0.2, 0) is 0 Å². The second-order valence-electron chi connectivity index (χ2n) is 7.39. The molecule has 1 aromatic heterocycles. The van der Waals surface area contributed by atoms with Gasteiger partial charge >= 0.3 is 0 Å². The largest absolute Gasteiger partial charge is 0.508 e. The van der Waals surface area contributed by atoms with E-state index in [0.29, 0.717) is 17.2 Å². The number of carbonyl (C=O) groups excluding carboxylic acids is 1. The summed E-state index contributed by atoms with van der Waals surface area (Å²) in [6.45, 7) is 2.06. The van der Waals surface area contributed by atoms with Crippen molar-refractivity contribution in [1.29, 1.82) is 0 Å². The SMILES string of the molecule is CCSc1ccccc1Nc1cc(Nc2ccc(O)cc2)ncc1C(=O)Nc1c(F)cccc1Cl. The summed E-state index contributed by atoms with van der Waals surface area (Å²) in [6, 6.07) is 20.2. The third-order valence-corrected chi connectivity index (χ3v) is 6.22. The Balaban J connectivity index is 1.70. The number of hydrogen-bond donors (Lipinski definition) is 4. The van der Waals surface area contributed by atoms with Crippen molar-refractivity contribution in [2.45, 2.75) is 11.8 Å². The van der Waals surface area contributed by atoms with Crippen LogP contribution in [0.4, 0.5) is 33.0 Å². The number of hydrogen-bond acceptors (Lipinski definition) is 6. The molecule has 6 nitrogen and oxygen atoms in total. The van der Waals surface area contributed by atoms with Crippen LogP contribution in [0.15, 0.2) is 83.9 Å². The molecule has 0 aliphatic carbocycles. The molecule has 4 aromatic rings. The lowest BCUT2D eigenvalue weighted by Crippen LogP contribution is -2.16. The summed E-state index contributed by atoms with van der Waals surface area (Å²) in [7, 11) is 0. The number of aromatic nitrogens is 1. The number of carbonyl (C=O) groups is 1. The van der Waals surface area contributed by atoms with Gasteiger partial charge in [-0.05, 0) is 54.3 Å². The molecule has 1 amide bonds. The van der Waals surface area contributed by atoms with Crippen molar-refractivity contribution in [3.8, 4) is 5.75 Å². The Kier molecular flexibility index (Phi) is 7.74. The van der Waals surface area contributed by atoms with Crippen LogP contribution in [0.25, 0.3) is 0 Å². The summed E-state index contributed by atoms with van der Waals surface area (Å²) in [5, 5.41) is 18.7. The quantitative estimate of drug-likeness (QED) is 0.146. The van der Waals surface area contributed by atoms with Gasteiger partial charge in [-0.1, -0.05) is 36.7 Å². The number of para-hydroxylation sites is 2. The fraction of sp³-hybridized carbons (Fsp3) is 0.0769. The van der Waals surface area contributed by atoms with Crippen molar-refractivity contribution in [1.82, 2.24) is 4.98 Å². The number of aromatic hydroxyl groups is 1. The lowest BCUT2D eigenvalue weighted by Gasteiger charge is -2.17. The zero-order valence-corrected chi connectivity index (χ0v) is 20.3. The molecule has 0 bridgehead atoms. The number of anilines is 5. The highest BCUT2D eigenvalue weighted by Crippen LogP contribution is 2.33. The first-order valence-corrected chi connectivity index (χ1v) is 12.1. The van der Waals surface area contributed by atoms with E-state index in [1.54, 1.807) is 42.1 Å². The summed E-state index contributed by atoms with van der Waals surface area (Å²) in [4.78, 5) is 18.6. The number of nitrogens with zero attached hydrogens (tertiary/aromatic N) is 1. The first-order chi connectivity index (χ1) is 16.9. The lowest BCUT2D eigenvalue weighted by molar-refractivity contribution is 0.102. The Hall–Kier alpha value is -3.75. The lowest BCUT2D eigenvalue weighted by atomic mass is 10.2. The van der Waals surface area contributed by atoms with Crippen LogP contribution in [0, 0.1) is 5.82 Å². The fourth-order valence-electron chi connectivity index (χ4n) is 3.30. The van der Waals surface area contributed by atoms with Crippen LogP contribution in [-0.4, -0.2) is 21.8 Å². The van der Waals surface area contributed by atoms with E-state index in [9.17, 15) is 14.3 Å². The third kappa shape index (κ3) is 6.03. The summed E-state index contributed by atoms with van der Waals surface area (Å²) in [5.41, 5.74) is 2.10. The van der Waals surface area contributed by atoms with E-state index in [0.717, 1.165) is 16.3 Å². The molecule has 4 N–H and O–H groups in total. The van der Waals surface area contributed by atoms with E-state index in [1.807, 2.05) is 24.3 Å². The van der Waals surface area contributed by atoms with Crippen molar-refractivity contribution >= 4 is 57.8 Å². The number of phenols is 1. The Morgan fingerprint density at radius 1 is 1.03 bits per heavy atom. The van der Waals surface area contributed by atoms with Crippen molar-refractivity contribution in [3.63, 3.8) is 0 Å². The van der Waals surface area contributed by atoms with Gasteiger partial charge in [0.2, 0.25) is 0 Å². The third-order valence-electron chi connectivity index (χ3n) is 4.95. The second-order valence-corrected chi connectivity index (χ2v) is 9.11. The minimum absolute atomic E-state index is 0.0936. The number of benzene rings is 3. The van der Waals surface area contributed by atoms with Crippen molar-refractivity contribution in [2.24, 2.45) is 0 Å². The number of thioether (sulfide) groups is 1. The van der Waals surface area contributed by atoms with Gasteiger partial charge in [0.15, 0.2) is 0 Å². The molecule has 0 saturated carbocycles. The van der Waals surface area contributed by atoms with E-state index in [4.69, 9.17) is 11.6 Å². The molecule has 0 spiro atoms. The zero-order valence-electron chi connectivity index (χ0n) is 18.7. The minimum atomic E-state index is -0.636. The van der Waals surface area contributed by atoms with Gasteiger partial charge in [-0.15, -0.1) is 11.8 Å². The Labute approximate surface area is 211 Å². The molecule has 1 heterocycles. The number of rotatable bonds is 8. The van der Waals surface area contributed by atoms with Gasteiger partial charge in [0.25, 0.3) is 5.91 Å². The van der Waals surface area contributed by atoms with Gasteiger partial charge in [0, 0.05) is 22.8 Å². The molecule has 9 heteroatoms. The number of amides is 1. The number of pyridine rings is 1. The van der Waals surface area contributed by atoms with Crippen molar-refractivity contribution in [3.05, 3.63) is 95.4 Å². The van der Waals surface area contributed by atoms with Gasteiger partial charge in [0.05, 0.1) is 27.6 Å². The van der Waals surface area contributed by atoms with Crippen LogP contribution in [0.3, 0.4) is 0 Å². The maximum Gasteiger partial charge on any atom is 0.259 e. The zero-order chi connectivity index (χ0) is 24.8. The topological polar surface area (TPSA) is 86.3 Å². The summed E-state index contributed by atoms with van der Waals surface area (Å²) < 4.78 is 14.3. The highest BCUT2D eigenvalue weighted by atomic mass is 35.5. The van der Waals surface area contributed by atoms with Gasteiger partial charge in [-0.2, -0.15) is 0 Å². The average molecular weight is 509 g/mol. The molecule has 0 fully saturated rings. The first kappa shape index (κ1) is 24.4. The fourth-order valence-corrected chi connectivity index (χ4v) is 4.27. The van der Waals surface area contributed by atoms with Gasteiger partial charge in [0.1, 0.15) is 17.4 Å². The molecule has 35 heavy (non-hydrogen) atoms. The predicted molar refractivity (Wildman–Crippen MR) is 141 cm³/mol. The molecular formula is C26H22ClFN4O2S. The molecular weight excluding hydrogens is 487 g/mol. The highest BCUT2D eigenvalue weighted by molar-refractivity contribution is 7.99. The molecule has 0 radical (unpaired) electrons. The van der Waals surface area contributed by atoms with Gasteiger partial charge in [-0.25, -0.2) is 9.37 Å². The summed E-state index contributed by atoms with van der Waals surface area (Å²) in [5.74, 6) is 0.295. The maximum atomic E-state index is 14.3. The van der Waals surface area contributed by atoms with E-state index < -0.39 is 11.7 Å². The molecule has 178 valence electrons. The Bertz CT molecular complexity index is 1330. The second kappa shape index (κ2) is 11.1. The number of nitrogens with one attached hydrogen (secondary N) is 3. The van der Waals surface area contributed by atoms with Crippen LogP contribution in [0.5, 0.6) is 5.75 Å². The molecule has 0 atom stereocenters. The van der Waals surface area contributed by atoms with Crippen LogP contribution in [0.2, 0.25) is 5.02 Å². The summed E-state index contributed by atoms with van der Waals surface area (Å²) in [6.07, 6.45) is 1.41. The first-order valence-electron chi connectivity index (χ1n) is 10.7. The number of halogens is 2. The normalized spacial score (nSPS) is 10.6. The van der Waals surface area contributed by atoms with Crippen molar-refractivity contribution < 1.29 is 14.3 Å². The maximum absolute atomic E-state index is 14.3. The van der Waals surface area contributed by atoms with E-state index in [-0.39, 0.29) is 22.0 Å². The van der Waals surface area contributed by atoms with Crippen LogP contribution >= 0.6 is 23.4 Å². The smallest absolute Gasteiger partial charge is 0.259 e. The van der Waals surface area contributed by atoms with E-state index in [1.165, 1.54) is 24.4 Å². The Morgan fingerprint density at radius 2 is 1.80 bits per heavy atom. The highest BCUT2D eigenvalue weighted by Gasteiger charge is 2.18. The van der Waals surface area contributed by atoms with Gasteiger partial charge < -0.3 is 21.1 Å². The Morgan fingerprint density at radius 3 is 2.54 bits per heavy atom. The molecule has 0 saturated heterocycles. The number of phenolic OH excluding ortho intramolecular Hbond substituents is 1. The average Bonchev–Trinajstić information content (AvgIpc) is 2.84. The van der Waals surface area contributed by atoms with Crippen LogP contribution < -0.4 is 16.0 Å². The minimum Gasteiger partial charge on any atom is -0.508 e. The summed E-state index contributed by atoms with van der Waals surface area (Å²) >= 11 is 7.76. The van der Waals surface area contributed by atoms with E-state index >= 15 is 0 Å². The standard InChI is InChI=1S/C26H22ClFN4O2S/c1-2-35-23-9-4-3-8-21(23)31-22-14-24(30-16-10-12-17(33)13-11-16)29-15-18(22)26(34)32-25-19(27)6-5-7-20(25)28/h3-15,33H,2H2,1H3,(H,32,34)(H2,29,30,31). The predicted octanol–water partition coefficient (Wildman–Crippen LogP) is 7.43. The molecule has 0 unspecified atom stereocenters. The van der Waals surface area contributed by atoms with Crippen LogP contribution in [0.1, 0.15) is 17.3 Å². The van der Waals surface area contributed by atoms with Gasteiger partial charge in [-0.3, -0.25) is 4.79 Å². The van der Waals surface area contributed by atoms with E-state index in [2.05, 4.69) is 27.9 Å². The molecule has 3 aromatic carbocycles. The van der Waals surface area contributed by atoms with Crippen molar-refractivity contribution in [2.75, 3.05) is 21.7 Å². The molecule has 0 aliphatic heterocycles. The monoisotopic (exact) mass is 508 g/mol. The molecule has 0 aliphatic rings. The molecule has 4 rings (SSSR count).